The minimum atomic E-state index is -0.251. The molecular weight excluding hydrogens is 318 g/mol. The van der Waals surface area contributed by atoms with E-state index in [1.165, 1.54) is 11.3 Å². The predicted octanol–water partition coefficient (Wildman–Crippen LogP) is 3.08. The highest BCUT2D eigenvalue weighted by molar-refractivity contribution is 8.13. The average molecular weight is 339 g/mol. The van der Waals surface area contributed by atoms with Crippen LogP contribution >= 0.6 is 11.8 Å². The number of amides is 1. The van der Waals surface area contributed by atoms with Crippen molar-refractivity contribution >= 4 is 28.5 Å². The van der Waals surface area contributed by atoms with E-state index in [0.29, 0.717) is 6.42 Å². The molecule has 1 N–H and O–H groups in total. The Hall–Kier alpha value is -2.27. The maximum absolute atomic E-state index is 12.1. The lowest BCUT2D eigenvalue weighted by atomic mass is 10.1. The molecule has 124 valence electrons. The summed E-state index contributed by atoms with van der Waals surface area (Å²) in [5.41, 5.74) is 3.56. The molecule has 5 heteroatoms. The van der Waals surface area contributed by atoms with E-state index in [1.54, 1.807) is 11.8 Å². The van der Waals surface area contributed by atoms with Crippen LogP contribution in [-0.2, 0) is 17.0 Å². The highest BCUT2D eigenvalue weighted by atomic mass is 32.2. The van der Waals surface area contributed by atoms with Gasteiger partial charge in [0, 0.05) is 32.0 Å². The van der Waals surface area contributed by atoms with E-state index in [1.807, 2.05) is 56.6 Å². The van der Waals surface area contributed by atoms with Crippen LogP contribution in [-0.4, -0.2) is 31.2 Å². The molecule has 1 aliphatic rings. The molecule has 0 fully saturated rings. The standard InChI is InChI=1S/C19H21N3OS/c1-22(2)17-11-7-6-10-15(17)13-24-19-20-16(18(23)21-19)12-14-8-4-3-5-9-14/h3-11,16H,12-13H2,1-2H3,(H,20,21,23). The van der Waals surface area contributed by atoms with Crippen molar-refractivity contribution in [1.29, 1.82) is 0 Å². The molecule has 1 heterocycles. The molecule has 1 aliphatic heterocycles. The van der Waals surface area contributed by atoms with Crippen LogP contribution in [0.3, 0.4) is 0 Å². The zero-order chi connectivity index (χ0) is 16.9. The predicted molar refractivity (Wildman–Crippen MR) is 102 cm³/mol. The Balaban J connectivity index is 1.60. The lowest BCUT2D eigenvalue weighted by Crippen LogP contribution is -2.33. The second-order valence-corrected chi connectivity index (χ2v) is 6.92. The van der Waals surface area contributed by atoms with Gasteiger partial charge in [0.1, 0.15) is 6.04 Å². The van der Waals surface area contributed by atoms with Crippen molar-refractivity contribution in [3.8, 4) is 0 Å². The lowest BCUT2D eigenvalue weighted by Gasteiger charge is -2.17. The molecule has 4 nitrogen and oxygen atoms in total. The van der Waals surface area contributed by atoms with Crippen LogP contribution in [0.15, 0.2) is 59.6 Å². The van der Waals surface area contributed by atoms with Gasteiger partial charge in [-0.25, -0.2) is 0 Å². The summed E-state index contributed by atoms with van der Waals surface area (Å²) < 4.78 is 0. The van der Waals surface area contributed by atoms with Gasteiger partial charge in [-0.05, 0) is 17.2 Å². The molecule has 1 unspecified atom stereocenters. The van der Waals surface area contributed by atoms with Gasteiger partial charge in [-0.3, -0.25) is 4.79 Å². The first-order chi connectivity index (χ1) is 11.6. The maximum atomic E-state index is 12.1. The zero-order valence-corrected chi connectivity index (χ0v) is 14.7. The normalized spacial score (nSPS) is 16.7. The molecule has 1 amide bonds. The Morgan fingerprint density at radius 2 is 1.79 bits per heavy atom. The van der Waals surface area contributed by atoms with Gasteiger partial charge < -0.3 is 10.2 Å². The van der Waals surface area contributed by atoms with Crippen LogP contribution in [0.25, 0.3) is 0 Å². The number of hydrogen-bond acceptors (Lipinski definition) is 4. The van der Waals surface area contributed by atoms with Crippen LogP contribution in [0, 0.1) is 0 Å². The molecule has 0 aromatic heterocycles. The third-order valence-electron chi connectivity index (χ3n) is 3.93. The number of rotatable bonds is 5. The van der Waals surface area contributed by atoms with Gasteiger partial charge in [-0.15, -0.1) is 0 Å². The monoisotopic (exact) mass is 339 g/mol. The first-order valence-corrected chi connectivity index (χ1v) is 8.93. The first-order valence-electron chi connectivity index (χ1n) is 7.94. The molecule has 3 rings (SSSR count). The summed E-state index contributed by atoms with van der Waals surface area (Å²) in [7, 11) is 4.07. The number of aliphatic imine (C=N–C) groups is 1. The third-order valence-corrected chi connectivity index (χ3v) is 4.87. The number of nitrogens with zero attached hydrogens (tertiary/aromatic N) is 2. The first kappa shape index (κ1) is 16.6. The number of para-hydroxylation sites is 1. The van der Waals surface area contributed by atoms with E-state index in [0.717, 1.165) is 16.5 Å². The van der Waals surface area contributed by atoms with Crippen LogP contribution in [0.1, 0.15) is 11.1 Å². The minimum Gasteiger partial charge on any atom is -0.377 e. The quantitative estimate of drug-likeness (QED) is 0.909. The molecule has 0 radical (unpaired) electrons. The second kappa shape index (κ2) is 7.53. The Morgan fingerprint density at radius 3 is 2.54 bits per heavy atom. The van der Waals surface area contributed by atoms with E-state index >= 15 is 0 Å². The van der Waals surface area contributed by atoms with Crippen molar-refractivity contribution in [3.05, 3.63) is 65.7 Å². The molecule has 2 aromatic carbocycles. The van der Waals surface area contributed by atoms with Gasteiger partial charge in [0.2, 0.25) is 0 Å². The minimum absolute atomic E-state index is 0.0813. The molecule has 0 spiro atoms. The van der Waals surface area contributed by atoms with Gasteiger partial charge in [0.25, 0.3) is 5.91 Å². The maximum Gasteiger partial charge on any atom is 0.270 e. The van der Waals surface area contributed by atoms with E-state index in [2.05, 4.69) is 27.3 Å². The highest BCUT2D eigenvalue weighted by Gasteiger charge is 2.26. The molecular formula is C19H21N3OS. The van der Waals surface area contributed by atoms with Gasteiger partial charge in [-0.1, -0.05) is 60.3 Å². The SMILES string of the molecule is CN(C)c1ccccc1CSC1=NC(=O)C(Cc2ccccc2)N1. The second-order valence-electron chi connectivity index (χ2n) is 5.95. The fourth-order valence-corrected chi connectivity index (χ4v) is 3.61. The van der Waals surface area contributed by atoms with Crippen LogP contribution in [0.2, 0.25) is 0 Å². The Labute approximate surface area is 147 Å². The van der Waals surface area contributed by atoms with Gasteiger partial charge in [0.05, 0.1) is 0 Å². The van der Waals surface area contributed by atoms with E-state index < -0.39 is 0 Å². The fourth-order valence-electron chi connectivity index (χ4n) is 2.70. The summed E-state index contributed by atoms with van der Waals surface area (Å²) in [5, 5.41) is 3.98. The average Bonchev–Trinajstić information content (AvgIpc) is 2.94. The topological polar surface area (TPSA) is 44.7 Å². The van der Waals surface area contributed by atoms with Crippen LogP contribution < -0.4 is 10.2 Å². The zero-order valence-electron chi connectivity index (χ0n) is 13.9. The van der Waals surface area contributed by atoms with E-state index in [4.69, 9.17) is 0 Å². The molecule has 24 heavy (non-hydrogen) atoms. The summed E-state index contributed by atoms with van der Waals surface area (Å²) in [4.78, 5) is 18.4. The number of hydrogen-bond donors (Lipinski definition) is 1. The number of nitrogens with one attached hydrogen (secondary N) is 1. The van der Waals surface area contributed by atoms with Crippen LogP contribution in [0.5, 0.6) is 0 Å². The van der Waals surface area contributed by atoms with Gasteiger partial charge in [-0.2, -0.15) is 4.99 Å². The molecule has 0 saturated heterocycles. The summed E-state index contributed by atoms with van der Waals surface area (Å²) in [6.07, 6.45) is 0.668. The highest BCUT2D eigenvalue weighted by Crippen LogP contribution is 2.24. The van der Waals surface area contributed by atoms with Crippen molar-refractivity contribution in [2.75, 3.05) is 19.0 Å². The Bertz CT molecular complexity index is 743. The molecule has 2 aromatic rings. The molecule has 0 bridgehead atoms. The van der Waals surface area contributed by atoms with Crippen LogP contribution in [0.4, 0.5) is 5.69 Å². The summed E-state index contributed by atoms with van der Waals surface area (Å²) in [6, 6.07) is 18.1. The van der Waals surface area contributed by atoms with Gasteiger partial charge in [0.15, 0.2) is 5.17 Å². The smallest absolute Gasteiger partial charge is 0.270 e. The third kappa shape index (κ3) is 3.97. The van der Waals surface area contributed by atoms with Gasteiger partial charge >= 0.3 is 0 Å². The number of benzene rings is 2. The molecule has 0 aliphatic carbocycles. The lowest BCUT2D eigenvalue weighted by molar-refractivity contribution is -0.118. The summed E-state index contributed by atoms with van der Waals surface area (Å²) in [6.45, 7) is 0. The van der Waals surface area contributed by atoms with Crippen molar-refractivity contribution in [3.63, 3.8) is 0 Å². The number of carbonyl (C=O) groups is 1. The van der Waals surface area contributed by atoms with E-state index in [-0.39, 0.29) is 11.9 Å². The fraction of sp³-hybridized carbons (Fsp3) is 0.263. The summed E-state index contributed by atoms with van der Waals surface area (Å²) >= 11 is 1.58. The van der Waals surface area contributed by atoms with Crippen molar-refractivity contribution in [1.82, 2.24) is 5.32 Å². The number of carbonyl (C=O) groups excluding carboxylic acids is 1. The molecule has 1 atom stereocenters. The largest absolute Gasteiger partial charge is 0.377 e. The van der Waals surface area contributed by atoms with E-state index in [9.17, 15) is 4.79 Å². The Morgan fingerprint density at radius 1 is 1.08 bits per heavy atom. The number of anilines is 1. The summed E-state index contributed by atoms with van der Waals surface area (Å²) in [5.74, 6) is 0.702. The molecule has 0 saturated carbocycles. The number of amidine groups is 1. The number of thioether (sulfide) groups is 1. The van der Waals surface area contributed by atoms with Crippen molar-refractivity contribution in [2.45, 2.75) is 18.2 Å². The van der Waals surface area contributed by atoms with Crippen molar-refractivity contribution < 1.29 is 4.79 Å². The van der Waals surface area contributed by atoms with Crippen molar-refractivity contribution in [2.24, 2.45) is 4.99 Å². The Kier molecular flexibility index (Phi) is 5.20.